The van der Waals surface area contributed by atoms with Crippen molar-refractivity contribution in [3.05, 3.63) is 29.6 Å². The second-order valence-electron chi connectivity index (χ2n) is 4.36. The van der Waals surface area contributed by atoms with Gasteiger partial charge in [-0.3, -0.25) is 0 Å². The minimum Gasteiger partial charge on any atom is -0.492 e. The molecular weight excluding hydrogens is 183 g/mol. The van der Waals surface area contributed by atoms with Crippen LogP contribution < -0.4 is 4.74 Å². The Hall–Kier alpha value is -1.09. The van der Waals surface area contributed by atoms with Crippen LogP contribution >= 0.6 is 0 Å². The van der Waals surface area contributed by atoms with Gasteiger partial charge in [-0.15, -0.1) is 0 Å². The molecular formula is C11H13FO2. The summed E-state index contributed by atoms with van der Waals surface area (Å²) in [5.41, 5.74) is 0.354. The number of halogens is 1. The van der Waals surface area contributed by atoms with Crippen molar-refractivity contribution < 1.29 is 14.2 Å². The Labute approximate surface area is 82.3 Å². The van der Waals surface area contributed by atoms with Gasteiger partial charge in [-0.1, -0.05) is 13.8 Å². The van der Waals surface area contributed by atoms with E-state index >= 15 is 0 Å². The molecule has 1 aromatic rings. The summed E-state index contributed by atoms with van der Waals surface area (Å²) < 4.78 is 18.2. The molecule has 1 unspecified atom stereocenters. The van der Waals surface area contributed by atoms with E-state index in [1.165, 1.54) is 12.1 Å². The maximum absolute atomic E-state index is 12.9. The number of hydrogen-bond donors (Lipinski definition) is 1. The van der Waals surface area contributed by atoms with Gasteiger partial charge in [0.15, 0.2) is 0 Å². The summed E-state index contributed by atoms with van der Waals surface area (Å²) in [6.07, 6.45) is -0.591. The fraction of sp³-hybridized carbons (Fsp3) is 0.455. The second kappa shape index (κ2) is 2.95. The summed E-state index contributed by atoms with van der Waals surface area (Å²) in [6.45, 7) is 4.25. The number of aliphatic hydroxyl groups is 1. The molecule has 3 heteroatoms. The summed E-state index contributed by atoms with van der Waals surface area (Å²) in [4.78, 5) is 0. The van der Waals surface area contributed by atoms with Crippen molar-refractivity contribution in [2.24, 2.45) is 5.41 Å². The van der Waals surface area contributed by atoms with Crippen LogP contribution in [0.2, 0.25) is 0 Å². The van der Waals surface area contributed by atoms with Crippen molar-refractivity contribution >= 4 is 0 Å². The maximum atomic E-state index is 12.9. The van der Waals surface area contributed by atoms with E-state index in [0.717, 1.165) is 0 Å². The zero-order valence-corrected chi connectivity index (χ0v) is 8.25. The molecule has 76 valence electrons. The quantitative estimate of drug-likeness (QED) is 0.689. The van der Waals surface area contributed by atoms with Gasteiger partial charge < -0.3 is 9.84 Å². The monoisotopic (exact) mass is 196 g/mol. The van der Waals surface area contributed by atoms with Crippen LogP contribution in [0, 0.1) is 11.2 Å². The molecule has 0 amide bonds. The molecule has 0 aromatic heterocycles. The summed E-state index contributed by atoms with van der Waals surface area (Å²) in [5.74, 6) is 0.118. The Morgan fingerprint density at radius 2 is 2.21 bits per heavy atom. The first kappa shape index (κ1) is 9.46. The van der Waals surface area contributed by atoms with Crippen LogP contribution in [0.5, 0.6) is 5.75 Å². The smallest absolute Gasteiger partial charge is 0.128 e. The molecule has 1 atom stereocenters. The Morgan fingerprint density at radius 3 is 2.93 bits per heavy atom. The SMILES string of the molecule is CC1(C)COc2cc(F)ccc2C1O. The van der Waals surface area contributed by atoms with E-state index in [1.54, 1.807) is 6.07 Å². The lowest BCUT2D eigenvalue weighted by Gasteiger charge is -2.36. The minimum atomic E-state index is -0.591. The van der Waals surface area contributed by atoms with Crippen LogP contribution in [0.1, 0.15) is 25.5 Å². The average molecular weight is 196 g/mol. The highest BCUT2D eigenvalue weighted by atomic mass is 19.1. The summed E-state index contributed by atoms with van der Waals surface area (Å²) in [6, 6.07) is 4.23. The molecule has 2 rings (SSSR count). The fourth-order valence-corrected chi connectivity index (χ4v) is 1.62. The first-order valence-corrected chi connectivity index (χ1v) is 4.61. The van der Waals surface area contributed by atoms with Gasteiger partial charge in [-0.25, -0.2) is 4.39 Å². The number of rotatable bonds is 0. The molecule has 0 spiro atoms. The lowest BCUT2D eigenvalue weighted by molar-refractivity contribution is -0.00739. The normalized spacial score (nSPS) is 23.9. The summed E-state index contributed by atoms with van der Waals surface area (Å²) in [7, 11) is 0. The van der Waals surface area contributed by atoms with Gasteiger partial charge in [0.1, 0.15) is 11.6 Å². The first-order valence-electron chi connectivity index (χ1n) is 4.61. The lowest BCUT2D eigenvalue weighted by atomic mass is 9.81. The molecule has 1 aromatic carbocycles. The van der Waals surface area contributed by atoms with Gasteiger partial charge in [-0.2, -0.15) is 0 Å². The van der Waals surface area contributed by atoms with Crippen molar-refractivity contribution in [2.75, 3.05) is 6.61 Å². The van der Waals surface area contributed by atoms with Crippen LogP contribution in [-0.4, -0.2) is 11.7 Å². The van der Waals surface area contributed by atoms with Crippen molar-refractivity contribution in [3.63, 3.8) is 0 Å². The molecule has 0 saturated heterocycles. The van der Waals surface area contributed by atoms with Crippen LogP contribution in [0.15, 0.2) is 18.2 Å². The molecule has 14 heavy (non-hydrogen) atoms. The highest BCUT2D eigenvalue weighted by Crippen LogP contribution is 2.42. The van der Waals surface area contributed by atoms with E-state index in [-0.39, 0.29) is 11.2 Å². The first-order chi connectivity index (χ1) is 6.50. The Kier molecular flexibility index (Phi) is 2.00. The predicted octanol–water partition coefficient (Wildman–Crippen LogP) is 2.28. The van der Waals surface area contributed by atoms with Crippen LogP contribution in [0.25, 0.3) is 0 Å². The average Bonchev–Trinajstić information content (AvgIpc) is 2.12. The molecule has 0 bridgehead atoms. The Bertz CT molecular complexity index is 360. The fourth-order valence-electron chi connectivity index (χ4n) is 1.62. The highest BCUT2D eigenvalue weighted by molar-refractivity contribution is 5.38. The Morgan fingerprint density at radius 1 is 1.50 bits per heavy atom. The molecule has 0 fully saturated rings. The van der Waals surface area contributed by atoms with Crippen LogP contribution in [0.4, 0.5) is 4.39 Å². The van der Waals surface area contributed by atoms with Gasteiger partial charge in [0.25, 0.3) is 0 Å². The number of ether oxygens (including phenoxy) is 1. The van der Waals surface area contributed by atoms with Gasteiger partial charge in [0, 0.05) is 17.0 Å². The third-order valence-corrected chi connectivity index (χ3v) is 2.61. The third-order valence-electron chi connectivity index (χ3n) is 2.61. The Balaban J connectivity index is 2.46. The zero-order chi connectivity index (χ0) is 10.3. The second-order valence-corrected chi connectivity index (χ2v) is 4.36. The van der Waals surface area contributed by atoms with Crippen molar-refractivity contribution in [1.29, 1.82) is 0 Å². The van der Waals surface area contributed by atoms with E-state index in [1.807, 2.05) is 13.8 Å². The molecule has 1 heterocycles. The van der Waals surface area contributed by atoms with Gasteiger partial charge in [0.05, 0.1) is 12.7 Å². The van der Waals surface area contributed by atoms with Gasteiger partial charge >= 0.3 is 0 Å². The van der Waals surface area contributed by atoms with E-state index in [9.17, 15) is 9.50 Å². The van der Waals surface area contributed by atoms with E-state index < -0.39 is 6.10 Å². The lowest BCUT2D eigenvalue weighted by Crippen LogP contribution is -2.33. The van der Waals surface area contributed by atoms with Crippen molar-refractivity contribution in [2.45, 2.75) is 20.0 Å². The maximum Gasteiger partial charge on any atom is 0.128 e. The standard InChI is InChI=1S/C11H13FO2/c1-11(2)6-14-9-5-7(12)3-4-8(9)10(11)13/h3-5,10,13H,6H2,1-2H3. The number of hydrogen-bond acceptors (Lipinski definition) is 2. The molecule has 0 saturated carbocycles. The summed E-state index contributed by atoms with van der Waals surface area (Å²) >= 11 is 0. The minimum absolute atomic E-state index is 0.315. The van der Waals surface area contributed by atoms with Crippen molar-refractivity contribution in [3.8, 4) is 5.75 Å². The van der Waals surface area contributed by atoms with E-state index in [4.69, 9.17) is 4.74 Å². The molecule has 1 N–H and O–H groups in total. The number of aliphatic hydroxyl groups excluding tert-OH is 1. The van der Waals surface area contributed by atoms with E-state index in [2.05, 4.69) is 0 Å². The largest absolute Gasteiger partial charge is 0.492 e. The molecule has 0 aliphatic carbocycles. The third kappa shape index (κ3) is 1.38. The molecule has 1 aliphatic rings. The van der Waals surface area contributed by atoms with Crippen molar-refractivity contribution in [1.82, 2.24) is 0 Å². The molecule has 2 nitrogen and oxygen atoms in total. The topological polar surface area (TPSA) is 29.5 Å². The van der Waals surface area contributed by atoms with Gasteiger partial charge in [-0.05, 0) is 12.1 Å². The zero-order valence-electron chi connectivity index (χ0n) is 8.25. The summed E-state index contributed by atoms with van der Waals surface area (Å²) in [5, 5.41) is 9.98. The number of benzene rings is 1. The van der Waals surface area contributed by atoms with Gasteiger partial charge in [0.2, 0.25) is 0 Å². The predicted molar refractivity (Wildman–Crippen MR) is 50.6 cm³/mol. The van der Waals surface area contributed by atoms with Crippen LogP contribution in [-0.2, 0) is 0 Å². The molecule has 1 aliphatic heterocycles. The van der Waals surface area contributed by atoms with Crippen LogP contribution in [0.3, 0.4) is 0 Å². The molecule has 0 radical (unpaired) electrons. The number of fused-ring (bicyclic) bond motifs is 1. The highest BCUT2D eigenvalue weighted by Gasteiger charge is 2.36. The van der Waals surface area contributed by atoms with E-state index in [0.29, 0.717) is 17.9 Å².